The Balaban J connectivity index is 0.00000161. The van der Waals surface area contributed by atoms with Crippen LogP contribution in [0.25, 0.3) is 11.0 Å². The van der Waals surface area contributed by atoms with E-state index in [1.807, 2.05) is 32.0 Å². The minimum absolute atomic E-state index is 0. The van der Waals surface area contributed by atoms with E-state index in [9.17, 15) is 4.79 Å². The lowest BCUT2D eigenvalue weighted by Gasteiger charge is -2.23. The van der Waals surface area contributed by atoms with Crippen LogP contribution >= 0.6 is 12.4 Å². The molecule has 21 heavy (non-hydrogen) atoms. The van der Waals surface area contributed by atoms with Gasteiger partial charge < -0.3 is 15.1 Å². The zero-order valence-electron chi connectivity index (χ0n) is 12.4. The molecule has 3 rings (SSSR count). The number of carbonyl (C=O) groups is 1. The van der Waals surface area contributed by atoms with E-state index >= 15 is 0 Å². The van der Waals surface area contributed by atoms with Gasteiger partial charge in [-0.15, -0.1) is 12.4 Å². The number of amides is 1. The third-order valence-electron chi connectivity index (χ3n) is 4.00. The van der Waals surface area contributed by atoms with Crippen molar-refractivity contribution in [2.45, 2.75) is 32.7 Å². The van der Waals surface area contributed by atoms with E-state index in [2.05, 4.69) is 10.6 Å². The number of carbonyl (C=O) groups excluding carboxylic acids is 1. The molecule has 1 atom stereocenters. The van der Waals surface area contributed by atoms with E-state index in [0.29, 0.717) is 5.76 Å². The highest BCUT2D eigenvalue weighted by molar-refractivity contribution is 5.99. The monoisotopic (exact) mass is 308 g/mol. The number of benzene rings is 1. The average molecular weight is 309 g/mol. The van der Waals surface area contributed by atoms with E-state index in [1.54, 1.807) is 0 Å². The number of aryl methyl sites for hydroxylation is 2. The van der Waals surface area contributed by atoms with Crippen LogP contribution in [0.15, 0.2) is 22.6 Å². The SMILES string of the molecule is Cc1c(C(=O)N[C@H]2CCCNC2)oc2c(C)cccc12.Cl. The Hall–Kier alpha value is -1.52. The molecule has 4 nitrogen and oxygen atoms in total. The minimum atomic E-state index is -0.105. The summed E-state index contributed by atoms with van der Waals surface area (Å²) in [6.45, 7) is 5.82. The van der Waals surface area contributed by atoms with Crippen molar-refractivity contribution in [3.05, 3.63) is 35.1 Å². The number of nitrogens with one attached hydrogen (secondary N) is 2. The van der Waals surface area contributed by atoms with Gasteiger partial charge in [-0.3, -0.25) is 4.79 Å². The molecule has 1 fully saturated rings. The molecule has 1 aromatic heterocycles. The maximum absolute atomic E-state index is 12.4. The first-order valence-electron chi connectivity index (χ1n) is 7.17. The van der Waals surface area contributed by atoms with Gasteiger partial charge in [0.25, 0.3) is 5.91 Å². The van der Waals surface area contributed by atoms with Crippen LogP contribution in [-0.2, 0) is 0 Å². The molecular weight excluding hydrogens is 288 g/mol. The summed E-state index contributed by atoms with van der Waals surface area (Å²) in [5.74, 6) is 0.340. The van der Waals surface area contributed by atoms with Gasteiger partial charge in [-0.2, -0.15) is 0 Å². The molecule has 2 heterocycles. The second-order valence-corrected chi connectivity index (χ2v) is 5.52. The molecule has 114 valence electrons. The summed E-state index contributed by atoms with van der Waals surface area (Å²) in [7, 11) is 0. The Kier molecular flexibility index (Phi) is 4.91. The summed E-state index contributed by atoms with van der Waals surface area (Å²) in [5, 5.41) is 7.38. The molecule has 0 bridgehead atoms. The fourth-order valence-electron chi connectivity index (χ4n) is 2.83. The average Bonchev–Trinajstić information content (AvgIpc) is 2.79. The number of rotatable bonds is 2. The van der Waals surface area contributed by atoms with Gasteiger partial charge in [0.15, 0.2) is 5.76 Å². The van der Waals surface area contributed by atoms with Crippen molar-refractivity contribution in [1.82, 2.24) is 10.6 Å². The van der Waals surface area contributed by atoms with Crippen LogP contribution in [-0.4, -0.2) is 25.0 Å². The number of halogens is 1. The van der Waals surface area contributed by atoms with Crippen LogP contribution in [0.4, 0.5) is 0 Å². The standard InChI is InChI=1S/C16H20N2O2.ClH/c1-10-5-3-7-13-11(2)15(20-14(10)13)16(19)18-12-6-4-8-17-9-12;/h3,5,7,12,17H,4,6,8-9H2,1-2H3,(H,18,19);1H/t12-;/m0./s1. The molecule has 0 spiro atoms. The van der Waals surface area contributed by atoms with Crippen molar-refractivity contribution in [3.8, 4) is 0 Å². The summed E-state index contributed by atoms with van der Waals surface area (Å²) in [5.41, 5.74) is 2.80. The van der Waals surface area contributed by atoms with Crippen molar-refractivity contribution in [1.29, 1.82) is 0 Å². The lowest BCUT2D eigenvalue weighted by molar-refractivity contribution is 0.0904. The summed E-state index contributed by atoms with van der Waals surface area (Å²) in [6, 6.07) is 6.19. The predicted octanol–water partition coefficient (Wildman–Crippen LogP) is 2.95. The van der Waals surface area contributed by atoms with Crippen molar-refractivity contribution in [2.75, 3.05) is 13.1 Å². The van der Waals surface area contributed by atoms with Gasteiger partial charge in [0, 0.05) is 23.5 Å². The quantitative estimate of drug-likeness (QED) is 0.897. The molecule has 5 heteroatoms. The summed E-state index contributed by atoms with van der Waals surface area (Å²) < 4.78 is 5.80. The highest BCUT2D eigenvalue weighted by Gasteiger charge is 2.22. The Bertz CT molecular complexity index is 645. The summed E-state index contributed by atoms with van der Waals surface area (Å²) in [6.07, 6.45) is 2.13. The van der Waals surface area contributed by atoms with Gasteiger partial charge in [0.05, 0.1) is 0 Å². The number of hydrogen-bond donors (Lipinski definition) is 2. The fourth-order valence-corrected chi connectivity index (χ4v) is 2.83. The Morgan fingerprint density at radius 2 is 2.19 bits per heavy atom. The maximum atomic E-state index is 12.4. The highest BCUT2D eigenvalue weighted by Crippen LogP contribution is 2.27. The van der Waals surface area contributed by atoms with Crippen molar-refractivity contribution >= 4 is 29.3 Å². The van der Waals surface area contributed by atoms with Gasteiger partial charge in [-0.25, -0.2) is 0 Å². The Morgan fingerprint density at radius 1 is 1.38 bits per heavy atom. The van der Waals surface area contributed by atoms with Crippen molar-refractivity contribution < 1.29 is 9.21 Å². The molecule has 1 aliphatic heterocycles. The van der Waals surface area contributed by atoms with E-state index in [1.165, 1.54) is 0 Å². The molecule has 0 radical (unpaired) electrons. The van der Waals surface area contributed by atoms with Crippen LogP contribution in [0.3, 0.4) is 0 Å². The summed E-state index contributed by atoms with van der Waals surface area (Å²) >= 11 is 0. The third-order valence-corrected chi connectivity index (χ3v) is 4.00. The highest BCUT2D eigenvalue weighted by atomic mass is 35.5. The molecule has 0 aliphatic carbocycles. The van der Waals surface area contributed by atoms with E-state index in [0.717, 1.165) is 48.0 Å². The molecule has 1 amide bonds. The predicted molar refractivity (Wildman–Crippen MR) is 86.3 cm³/mol. The molecule has 1 aromatic carbocycles. The topological polar surface area (TPSA) is 54.3 Å². The zero-order valence-corrected chi connectivity index (χ0v) is 13.2. The summed E-state index contributed by atoms with van der Waals surface area (Å²) in [4.78, 5) is 12.4. The van der Waals surface area contributed by atoms with Gasteiger partial charge >= 0.3 is 0 Å². The molecule has 0 saturated carbocycles. The first kappa shape index (κ1) is 15.9. The minimum Gasteiger partial charge on any atom is -0.450 e. The van der Waals surface area contributed by atoms with Crippen LogP contribution in [0.1, 0.15) is 34.5 Å². The van der Waals surface area contributed by atoms with Crippen LogP contribution < -0.4 is 10.6 Å². The normalized spacial score (nSPS) is 18.3. The second kappa shape index (κ2) is 6.50. The Labute approximate surface area is 130 Å². The molecule has 1 saturated heterocycles. The largest absolute Gasteiger partial charge is 0.450 e. The zero-order chi connectivity index (χ0) is 14.1. The lowest BCUT2D eigenvalue weighted by Crippen LogP contribution is -2.45. The van der Waals surface area contributed by atoms with Crippen LogP contribution in [0.5, 0.6) is 0 Å². The van der Waals surface area contributed by atoms with E-state index in [4.69, 9.17) is 4.42 Å². The van der Waals surface area contributed by atoms with E-state index in [-0.39, 0.29) is 24.4 Å². The van der Waals surface area contributed by atoms with Gasteiger partial charge in [-0.1, -0.05) is 18.2 Å². The van der Waals surface area contributed by atoms with Crippen LogP contribution in [0, 0.1) is 13.8 Å². The Morgan fingerprint density at radius 3 is 2.86 bits per heavy atom. The molecule has 1 aliphatic rings. The number of hydrogen-bond acceptors (Lipinski definition) is 3. The number of para-hydroxylation sites is 1. The maximum Gasteiger partial charge on any atom is 0.287 e. The van der Waals surface area contributed by atoms with E-state index < -0.39 is 0 Å². The number of fused-ring (bicyclic) bond motifs is 1. The molecule has 2 aromatic rings. The lowest BCUT2D eigenvalue weighted by atomic mass is 10.1. The van der Waals surface area contributed by atoms with Gasteiger partial charge in [0.1, 0.15) is 5.58 Å². The smallest absolute Gasteiger partial charge is 0.287 e. The molecular formula is C16H21ClN2O2. The van der Waals surface area contributed by atoms with Gasteiger partial charge in [0.2, 0.25) is 0 Å². The molecule has 0 unspecified atom stereocenters. The van der Waals surface area contributed by atoms with Gasteiger partial charge in [-0.05, 0) is 38.8 Å². The van der Waals surface area contributed by atoms with Crippen LogP contribution in [0.2, 0.25) is 0 Å². The first-order valence-corrected chi connectivity index (χ1v) is 7.17. The number of furan rings is 1. The van der Waals surface area contributed by atoms with Crippen molar-refractivity contribution in [3.63, 3.8) is 0 Å². The second-order valence-electron chi connectivity index (χ2n) is 5.52. The van der Waals surface area contributed by atoms with Crippen molar-refractivity contribution in [2.24, 2.45) is 0 Å². The molecule has 2 N–H and O–H groups in total. The third kappa shape index (κ3) is 3.06. The number of piperidine rings is 1. The first-order chi connectivity index (χ1) is 9.66. The fraction of sp³-hybridized carbons (Fsp3) is 0.438.